The fourth-order valence-corrected chi connectivity index (χ4v) is 7.96. The van der Waals surface area contributed by atoms with E-state index in [4.69, 9.17) is 24.3 Å². The number of ether oxygens (including phenoxy) is 2. The molecule has 0 aromatic rings. The molecule has 0 aromatic heterocycles. The molecule has 0 aromatic carbocycles. The first-order valence-electron chi connectivity index (χ1n) is 28.0. The molecule has 0 aliphatic rings. The molecule has 0 amide bonds. The fraction of sp³-hybridized carbons (Fsp3) is 0.639. The van der Waals surface area contributed by atoms with E-state index in [2.05, 4.69) is 135 Å². The summed E-state index contributed by atoms with van der Waals surface area (Å²) in [4.78, 5) is 35.0. The van der Waals surface area contributed by atoms with E-state index >= 15 is 0 Å². The zero-order valence-corrected chi connectivity index (χ0v) is 45.8. The Morgan fingerprint density at radius 3 is 1.17 bits per heavy atom. The van der Waals surface area contributed by atoms with E-state index in [0.717, 1.165) is 128 Å². The van der Waals surface area contributed by atoms with Gasteiger partial charge < -0.3 is 20.1 Å². The third-order valence-corrected chi connectivity index (χ3v) is 12.3. The lowest BCUT2D eigenvalue weighted by atomic mass is 10.0. The summed E-state index contributed by atoms with van der Waals surface area (Å²) in [6.07, 6.45) is 77.0. The van der Waals surface area contributed by atoms with Gasteiger partial charge in [-0.05, 0) is 103 Å². The molecule has 0 spiro atoms. The van der Waals surface area contributed by atoms with Crippen LogP contribution >= 0.6 is 7.82 Å². The lowest BCUT2D eigenvalue weighted by Crippen LogP contribution is -2.29. The normalized spacial score (nSPS) is 14.0. The van der Waals surface area contributed by atoms with Gasteiger partial charge in [0.25, 0.3) is 0 Å². The molecule has 404 valence electrons. The van der Waals surface area contributed by atoms with Crippen LogP contribution < -0.4 is 5.73 Å². The fourth-order valence-electron chi connectivity index (χ4n) is 7.20. The monoisotopic (exact) mass is 1010 g/mol. The summed E-state index contributed by atoms with van der Waals surface area (Å²) in [6.45, 7) is 3.55. The van der Waals surface area contributed by atoms with E-state index in [1.54, 1.807) is 0 Å². The summed E-state index contributed by atoms with van der Waals surface area (Å²) >= 11 is 0. The molecule has 0 heterocycles. The van der Waals surface area contributed by atoms with Crippen molar-refractivity contribution in [1.29, 1.82) is 0 Å². The highest BCUT2D eigenvalue weighted by Crippen LogP contribution is 2.43. The van der Waals surface area contributed by atoms with Crippen LogP contribution in [0.15, 0.2) is 122 Å². The Hall–Kier alpha value is -3.59. The third kappa shape index (κ3) is 55.6. The van der Waals surface area contributed by atoms with Crippen molar-refractivity contribution in [2.45, 2.75) is 225 Å². The molecule has 0 saturated carbocycles. The smallest absolute Gasteiger partial charge is 0.462 e. The highest BCUT2D eigenvalue weighted by molar-refractivity contribution is 7.47. The highest BCUT2D eigenvalue weighted by Gasteiger charge is 2.26. The van der Waals surface area contributed by atoms with Gasteiger partial charge in [0.05, 0.1) is 13.2 Å². The molecule has 10 heteroatoms. The van der Waals surface area contributed by atoms with Crippen LogP contribution in [0.5, 0.6) is 0 Å². The van der Waals surface area contributed by atoms with Gasteiger partial charge >= 0.3 is 19.8 Å². The van der Waals surface area contributed by atoms with Gasteiger partial charge in [-0.1, -0.05) is 225 Å². The molecule has 0 aliphatic carbocycles. The molecular formula is C61H102NO8P. The molecule has 0 rings (SSSR count). The van der Waals surface area contributed by atoms with Crippen molar-refractivity contribution in [2.75, 3.05) is 26.4 Å². The molecular weight excluding hydrogens is 906 g/mol. The van der Waals surface area contributed by atoms with Crippen LogP contribution in [0.1, 0.15) is 219 Å². The van der Waals surface area contributed by atoms with Crippen LogP contribution in [0.3, 0.4) is 0 Å². The Kier molecular flexibility index (Phi) is 52.9. The van der Waals surface area contributed by atoms with E-state index < -0.39 is 32.5 Å². The number of phosphoric acid groups is 1. The minimum atomic E-state index is -4.39. The number of carbonyl (C=O) groups excluding carboxylic acids is 2. The molecule has 71 heavy (non-hydrogen) atoms. The van der Waals surface area contributed by atoms with Crippen LogP contribution in [-0.2, 0) is 32.7 Å². The van der Waals surface area contributed by atoms with E-state index in [-0.39, 0.29) is 32.6 Å². The van der Waals surface area contributed by atoms with Gasteiger partial charge in [0.1, 0.15) is 6.61 Å². The van der Waals surface area contributed by atoms with Crippen molar-refractivity contribution >= 4 is 19.8 Å². The molecule has 0 bridgehead atoms. The molecule has 3 N–H and O–H groups in total. The Bertz CT molecular complexity index is 1570. The second-order valence-corrected chi connectivity index (χ2v) is 19.5. The largest absolute Gasteiger partial charge is 0.472 e. The van der Waals surface area contributed by atoms with Gasteiger partial charge in [-0.25, -0.2) is 4.57 Å². The number of carbonyl (C=O) groups is 2. The van der Waals surface area contributed by atoms with Gasteiger partial charge in [-0.15, -0.1) is 0 Å². The number of allylic oxidation sites excluding steroid dienone is 20. The summed E-state index contributed by atoms with van der Waals surface area (Å²) in [5.41, 5.74) is 5.36. The molecule has 0 radical (unpaired) electrons. The minimum absolute atomic E-state index is 0.0471. The molecule has 9 nitrogen and oxygen atoms in total. The number of unbranched alkanes of at least 4 members (excludes halogenated alkanes) is 18. The zero-order chi connectivity index (χ0) is 51.7. The number of nitrogens with two attached hydrogens (primary N) is 1. The first-order valence-corrected chi connectivity index (χ1v) is 29.5. The number of esters is 2. The summed E-state index contributed by atoms with van der Waals surface area (Å²) in [6, 6.07) is 0. The lowest BCUT2D eigenvalue weighted by Gasteiger charge is -2.19. The van der Waals surface area contributed by atoms with Crippen LogP contribution in [0.4, 0.5) is 0 Å². The predicted octanol–water partition coefficient (Wildman–Crippen LogP) is 17.6. The van der Waals surface area contributed by atoms with Gasteiger partial charge in [0.15, 0.2) is 6.10 Å². The molecule has 2 unspecified atom stereocenters. The maximum absolute atomic E-state index is 12.7. The van der Waals surface area contributed by atoms with Gasteiger partial charge in [-0.3, -0.25) is 18.6 Å². The van der Waals surface area contributed by atoms with Crippen molar-refractivity contribution in [3.63, 3.8) is 0 Å². The predicted molar refractivity (Wildman–Crippen MR) is 302 cm³/mol. The number of hydrogen-bond donors (Lipinski definition) is 2. The van der Waals surface area contributed by atoms with Gasteiger partial charge in [-0.2, -0.15) is 0 Å². The molecule has 2 atom stereocenters. The van der Waals surface area contributed by atoms with Gasteiger partial charge in [0, 0.05) is 19.4 Å². The summed E-state index contributed by atoms with van der Waals surface area (Å²) in [5.74, 6) is -0.849. The first kappa shape index (κ1) is 67.4. The average molecular weight is 1010 g/mol. The SMILES string of the molecule is CC/C=C\C/C=C\C/C=C\C/C=C\C/C=C\C/C=C\C/C=C\C/C=C\C/C=C\CCCCCCCCCCCCCC(=O)OC(COC(=O)CCCCCCC/C=C\CCCC)COP(=O)(O)OCCN. The standard InChI is InChI=1S/C61H102NO8P/c1-3-5-7-9-11-13-15-16-17-18-19-20-21-22-23-24-25-26-27-28-29-30-31-32-33-34-35-36-37-38-39-40-41-42-44-46-48-50-52-54-61(64)70-59(58-69-71(65,66)68-56-55-62)57-67-60(63)53-51-49-47-45-43-14-12-10-8-6-4-2/h5,7,10-13,16-17,19-20,22-23,25-26,28-29,31-32,34-35,59H,3-4,6,8-9,14-15,18,21,24,27,30,33,36-58,62H2,1-2H3,(H,65,66)/b7-5-,12-10-,13-11-,17-16-,20-19-,23-22-,26-25-,29-28-,32-31-,35-34-. The van der Waals surface area contributed by atoms with Crippen molar-refractivity contribution in [2.24, 2.45) is 5.73 Å². The van der Waals surface area contributed by atoms with Crippen molar-refractivity contribution in [3.8, 4) is 0 Å². The molecule has 0 fully saturated rings. The topological polar surface area (TPSA) is 134 Å². The lowest BCUT2D eigenvalue weighted by molar-refractivity contribution is -0.161. The molecule has 0 saturated heterocycles. The summed E-state index contributed by atoms with van der Waals surface area (Å²) in [7, 11) is -4.39. The molecule has 0 aliphatic heterocycles. The van der Waals surface area contributed by atoms with Gasteiger partial charge in [0.2, 0.25) is 0 Å². The Balaban J connectivity index is 3.92. The second-order valence-electron chi connectivity index (χ2n) is 18.1. The minimum Gasteiger partial charge on any atom is -0.462 e. The van der Waals surface area contributed by atoms with E-state index in [1.165, 1.54) is 57.8 Å². The van der Waals surface area contributed by atoms with Crippen molar-refractivity contribution in [1.82, 2.24) is 0 Å². The number of rotatable bonds is 51. The Morgan fingerprint density at radius 1 is 0.437 bits per heavy atom. The van der Waals surface area contributed by atoms with Crippen LogP contribution in [0, 0.1) is 0 Å². The Morgan fingerprint density at radius 2 is 0.775 bits per heavy atom. The average Bonchev–Trinajstić information content (AvgIpc) is 3.36. The summed E-state index contributed by atoms with van der Waals surface area (Å²) < 4.78 is 32.9. The van der Waals surface area contributed by atoms with E-state index in [9.17, 15) is 19.0 Å². The van der Waals surface area contributed by atoms with Crippen LogP contribution in [0.2, 0.25) is 0 Å². The maximum atomic E-state index is 12.7. The second kappa shape index (κ2) is 55.7. The summed E-state index contributed by atoms with van der Waals surface area (Å²) in [5, 5.41) is 0. The number of phosphoric ester groups is 1. The van der Waals surface area contributed by atoms with Crippen LogP contribution in [-0.4, -0.2) is 49.3 Å². The third-order valence-electron chi connectivity index (χ3n) is 11.3. The van der Waals surface area contributed by atoms with E-state index in [1.807, 2.05) is 0 Å². The maximum Gasteiger partial charge on any atom is 0.472 e. The van der Waals surface area contributed by atoms with Crippen LogP contribution in [0.25, 0.3) is 0 Å². The van der Waals surface area contributed by atoms with Crippen molar-refractivity contribution in [3.05, 3.63) is 122 Å². The zero-order valence-electron chi connectivity index (χ0n) is 44.9. The quantitative estimate of drug-likeness (QED) is 0.0264. The highest BCUT2D eigenvalue weighted by atomic mass is 31.2. The number of hydrogen-bond acceptors (Lipinski definition) is 8. The van der Waals surface area contributed by atoms with Crippen molar-refractivity contribution < 1.29 is 37.6 Å². The van der Waals surface area contributed by atoms with E-state index in [0.29, 0.717) is 6.42 Å². The Labute approximate surface area is 434 Å². The first-order chi connectivity index (χ1) is 34.8.